The normalized spacial score (nSPS) is 15.5. The Morgan fingerprint density at radius 2 is 1.86 bits per heavy atom. The molecule has 2 heterocycles. The number of thiophene rings is 1. The predicted octanol–water partition coefficient (Wildman–Crippen LogP) is 6.89. The summed E-state index contributed by atoms with van der Waals surface area (Å²) in [6.45, 7) is 8.97. The second kappa shape index (κ2) is 10.5. The average Bonchev–Trinajstić information content (AvgIpc) is 3.26. The minimum atomic E-state index is -0.113. The van der Waals surface area contributed by atoms with Crippen LogP contribution in [0.15, 0.2) is 64.5 Å². The molecule has 0 radical (unpaired) electrons. The van der Waals surface area contributed by atoms with Crippen LogP contribution in [0.5, 0.6) is 0 Å². The highest BCUT2D eigenvalue weighted by Gasteiger charge is 2.32. The Morgan fingerprint density at radius 3 is 2.59 bits per heavy atom. The van der Waals surface area contributed by atoms with E-state index >= 15 is 0 Å². The van der Waals surface area contributed by atoms with Crippen LogP contribution in [0.1, 0.15) is 50.1 Å². The lowest BCUT2D eigenvalue weighted by Gasteiger charge is -2.33. The fraction of sp³-hybridized carbons (Fsp3) is 0.367. The first-order valence-corrected chi connectivity index (χ1v) is 14.7. The first kappa shape index (κ1) is 25.7. The molecule has 1 unspecified atom stereocenters. The van der Waals surface area contributed by atoms with Crippen LogP contribution in [0.3, 0.4) is 0 Å². The highest BCUT2D eigenvalue weighted by atomic mass is 32.2. The summed E-state index contributed by atoms with van der Waals surface area (Å²) in [5, 5.41) is 4.33. The Hall–Kier alpha value is -2.90. The van der Waals surface area contributed by atoms with Gasteiger partial charge < -0.3 is 5.32 Å². The number of aryl methyl sites for hydroxylation is 2. The van der Waals surface area contributed by atoms with Gasteiger partial charge in [-0.25, -0.2) is 4.98 Å². The Morgan fingerprint density at radius 1 is 1.14 bits per heavy atom. The van der Waals surface area contributed by atoms with Gasteiger partial charge in [-0.15, -0.1) is 11.3 Å². The van der Waals surface area contributed by atoms with Crippen molar-refractivity contribution in [2.75, 3.05) is 11.1 Å². The van der Waals surface area contributed by atoms with E-state index in [1.54, 1.807) is 15.9 Å². The number of nitrogens with one attached hydrogen (secondary N) is 1. The van der Waals surface area contributed by atoms with E-state index in [4.69, 9.17) is 4.98 Å². The topological polar surface area (TPSA) is 64.0 Å². The zero-order valence-corrected chi connectivity index (χ0v) is 23.5. The number of thioether (sulfide) groups is 1. The van der Waals surface area contributed by atoms with Gasteiger partial charge in [0.05, 0.1) is 16.8 Å². The van der Waals surface area contributed by atoms with Crippen molar-refractivity contribution in [2.24, 2.45) is 11.3 Å². The van der Waals surface area contributed by atoms with Crippen LogP contribution in [0.2, 0.25) is 0 Å². The van der Waals surface area contributed by atoms with Gasteiger partial charge in [0.25, 0.3) is 5.56 Å². The summed E-state index contributed by atoms with van der Waals surface area (Å²) >= 11 is 2.96. The summed E-state index contributed by atoms with van der Waals surface area (Å²) in [6, 6.07) is 17.5. The largest absolute Gasteiger partial charge is 0.325 e. The van der Waals surface area contributed by atoms with Gasteiger partial charge in [0.1, 0.15) is 4.83 Å². The number of amides is 1. The third-order valence-electron chi connectivity index (χ3n) is 7.30. The van der Waals surface area contributed by atoms with Gasteiger partial charge >= 0.3 is 0 Å². The van der Waals surface area contributed by atoms with Crippen molar-refractivity contribution < 1.29 is 4.79 Å². The van der Waals surface area contributed by atoms with E-state index in [9.17, 15) is 9.59 Å². The Bertz CT molecular complexity index is 1500. The lowest BCUT2D eigenvalue weighted by atomic mass is 9.72. The third kappa shape index (κ3) is 5.25. The van der Waals surface area contributed by atoms with Crippen LogP contribution < -0.4 is 10.9 Å². The highest BCUT2D eigenvalue weighted by molar-refractivity contribution is 7.99. The first-order chi connectivity index (χ1) is 17.8. The molecule has 1 aliphatic carbocycles. The van der Waals surface area contributed by atoms with E-state index in [0.29, 0.717) is 11.1 Å². The van der Waals surface area contributed by atoms with Crippen molar-refractivity contribution >= 4 is 44.9 Å². The van der Waals surface area contributed by atoms with Crippen LogP contribution in [0, 0.1) is 11.3 Å². The molecule has 0 saturated carbocycles. The molecule has 2 aromatic heterocycles. The lowest BCUT2D eigenvalue weighted by molar-refractivity contribution is -0.113. The number of anilines is 1. The summed E-state index contributed by atoms with van der Waals surface area (Å²) in [7, 11) is 0. The van der Waals surface area contributed by atoms with Crippen molar-refractivity contribution in [2.45, 2.75) is 58.5 Å². The van der Waals surface area contributed by atoms with Crippen LogP contribution >= 0.6 is 23.1 Å². The first-order valence-electron chi connectivity index (χ1n) is 12.9. The van der Waals surface area contributed by atoms with Gasteiger partial charge in [-0.1, -0.05) is 75.9 Å². The maximum atomic E-state index is 14.0. The molecule has 192 valence electrons. The van der Waals surface area contributed by atoms with Crippen LogP contribution in [0.25, 0.3) is 15.9 Å². The monoisotopic (exact) mass is 531 g/mol. The van der Waals surface area contributed by atoms with Crippen LogP contribution in [-0.2, 0) is 24.1 Å². The quantitative estimate of drug-likeness (QED) is 0.217. The van der Waals surface area contributed by atoms with Gasteiger partial charge in [-0.3, -0.25) is 14.2 Å². The Labute approximate surface area is 226 Å². The van der Waals surface area contributed by atoms with Gasteiger partial charge in [0, 0.05) is 10.6 Å². The Kier molecular flexibility index (Phi) is 7.28. The molecule has 1 amide bonds. The number of nitrogens with zero attached hydrogens (tertiary/aromatic N) is 2. The molecule has 5 rings (SSSR count). The summed E-state index contributed by atoms with van der Waals surface area (Å²) in [6.07, 6.45) is 3.83. The highest BCUT2D eigenvalue weighted by Crippen LogP contribution is 2.42. The number of carbonyl (C=O) groups is 1. The maximum absolute atomic E-state index is 14.0. The lowest BCUT2D eigenvalue weighted by Crippen LogP contribution is -2.27. The predicted molar refractivity (Wildman–Crippen MR) is 155 cm³/mol. The molecule has 0 bridgehead atoms. The number of para-hydroxylation sites is 2. The summed E-state index contributed by atoms with van der Waals surface area (Å²) in [4.78, 5) is 34.0. The SMILES string of the molecule is CCc1ccccc1NC(=O)CSc1nc2sc3c(c2c(=O)n1-c1ccccc1)CCC(C(C)(C)C)C3. The number of carbonyl (C=O) groups excluding carboxylic acids is 1. The molecule has 0 spiro atoms. The molecule has 1 aliphatic rings. The van der Waals surface area contributed by atoms with Gasteiger partial charge in [-0.2, -0.15) is 0 Å². The molecular formula is C30H33N3O2S2. The molecule has 37 heavy (non-hydrogen) atoms. The zero-order chi connectivity index (χ0) is 26.2. The van der Waals surface area contributed by atoms with Crippen LogP contribution in [-0.4, -0.2) is 21.2 Å². The number of hydrogen-bond acceptors (Lipinski definition) is 5. The van der Waals surface area contributed by atoms with Crippen molar-refractivity contribution in [1.82, 2.24) is 9.55 Å². The molecule has 7 heteroatoms. The van der Waals surface area contributed by atoms with Crippen molar-refractivity contribution in [3.8, 4) is 5.69 Å². The van der Waals surface area contributed by atoms with Crippen molar-refractivity contribution in [1.29, 1.82) is 0 Å². The molecular weight excluding hydrogens is 498 g/mol. The summed E-state index contributed by atoms with van der Waals surface area (Å²) in [5.74, 6) is 0.645. The summed E-state index contributed by atoms with van der Waals surface area (Å²) < 4.78 is 1.68. The van der Waals surface area contributed by atoms with Gasteiger partial charge in [-0.05, 0) is 66.3 Å². The minimum Gasteiger partial charge on any atom is -0.325 e. The smallest absolute Gasteiger partial charge is 0.267 e. The van der Waals surface area contributed by atoms with Crippen molar-refractivity contribution in [3.05, 3.63) is 81.0 Å². The second-order valence-electron chi connectivity index (χ2n) is 10.7. The minimum absolute atomic E-state index is 0.0397. The van der Waals surface area contributed by atoms with Gasteiger partial charge in [0.15, 0.2) is 5.16 Å². The van der Waals surface area contributed by atoms with E-state index in [0.717, 1.165) is 52.8 Å². The number of benzene rings is 2. The molecule has 4 aromatic rings. The standard InChI is InChI=1S/C30H33N3O2S2/c1-5-19-11-9-10-14-23(19)31-25(34)18-36-29-32-27-26(28(35)33(29)21-12-7-6-8-13-21)22-16-15-20(30(2,3)4)17-24(22)37-27/h6-14,20H,5,15-18H2,1-4H3,(H,31,34). The van der Waals surface area contributed by atoms with Crippen LogP contribution in [0.4, 0.5) is 5.69 Å². The van der Waals surface area contributed by atoms with E-state index < -0.39 is 0 Å². The molecule has 0 fully saturated rings. The zero-order valence-electron chi connectivity index (χ0n) is 21.8. The fourth-order valence-corrected chi connectivity index (χ4v) is 7.27. The molecule has 2 aromatic carbocycles. The number of aromatic nitrogens is 2. The number of fused-ring (bicyclic) bond motifs is 3. The molecule has 0 saturated heterocycles. The molecule has 1 N–H and O–H groups in total. The second-order valence-corrected chi connectivity index (χ2v) is 12.7. The molecule has 5 nitrogen and oxygen atoms in total. The van der Waals surface area contributed by atoms with Crippen molar-refractivity contribution in [3.63, 3.8) is 0 Å². The average molecular weight is 532 g/mol. The molecule has 0 aliphatic heterocycles. The number of rotatable bonds is 6. The van der Waals surface area contributed by atoms with E-state index in [2.05, 4.69) is 33.0 Å². The number of hydrogen-bond donors (Lipinski definition) is 1. The molecule has 1 atom stereocenters. The van der Waals surface area contributed by atoms with Gasteiger partial charge in [0.2, 0.25) is 5.91 Å². The maximum Gasteiger partial charge on any atom is 0.267 e. The van der Waals surface area contributed by atoms with E-state index in [1.165, 1.54) is 22.2 Å². The fourth-order valence-electron chi connectivity index (χ4n) is 5.11. The third-order valence-corrected chi connectivity index (χ3v) is 9.38. The summed E-state index contributed by atoms with van der Waals surface area (Å²) in [5.41, 5.74) is 4.06. The Balaban J connectivity index is 1.51. The van der Waals surface area contributed by atoms with E-state index in [-0.39, 0.29) is 22.6 Å². The van der Waals surface area contributed by atoms with E-state index in [1.807, 2.05) is 54.6 Å².